The number of aryl methyl sites for hydroxylation is 1. The standard InChI is InChI=1S/C12H8F2N2O3/c1-6-4-10(17)11(12(18)19)15-16(6)9-5-7(13)2-3-8(9)14/h2-5H,1H3,(H,18,19). The molecular weight excluding hydrogens is 258 g/mol. The third kappa shape index (κ3) is 2.35. The number of hydrogen-bond acceptors (Lipinski definition) is 3. The molecule has 5 nitrogen and oxygen atoms in total. The van der Waals surface area contributed by atoms with Gasteiger partial charge in [-0.25, -0.2) is 18.3 Å². The maximum absolute atomic E-state index is 13.6. The summed E-state index contributed by atoms with van der Waals surface area (Å²) in [6.45, 7) is 1.43. The van der Waals surface area contributed by atoms with E-state index in [0.29, 0.717) is 0 Å². The van der Waals surface area contributed by atoms with E-state index in [-0.39, 0.29) is 11.4 Å². The molecule has 0 fully saturated rings. The molecule has 1 aromatic heterocycles. The van der Waals surface area contributed by atoms with E-state index in [9.17, 15) is 18.4 Å². The summed E-state index contributed by atoms with van der Waals surface area (Å²) < 4.78 is 27.6. The molecule has 19 heavy (non-hydrogen) atoms. The third-order valence-corrected chi connectivity index (χ3v) is 2.45. The average molecular weight is 266 g/mol. The largest absolute Gasteiger partial charge is 0.476 e. The van der Waals surface area contributed by atoms with Crippen LogP contribution in [0.2, 0.25) is 0 Å². The van der Waals surface area contributed by atoms with Gasteiger partial charge >= 0.3 is 5.97 Å². The summed E-state index contributed by atoms with van der Waals surface area (Å²) >= 11 is 0. The smallest absolute Gasteiger partial charge is 0.360 e. The molecule has 0 spiro atoms. The van der Waals surface area contributed by atoms with Gasteiger partial charge in [0.05, 0.1) is 0 Å². The zero-order valence-electron chi connectivity index (χ0n) is 9.72. The lowest BCUT2D eigenvalue weighted by Crippen LogP contribution is -2.23. The zero-order valence-corrected chi connectivity index (χ0v) is 9.72. The molecular formula is C12H8F2N2O3. The Bertz CT molecular complexity index is 725. The van der Waals surface area contributed by atoms with Gasteiger partial charge in [-0.3, -0.25) is 4.79 Å². The Kier molecular flexibility index (Phi) is 3.12. The van der Waals surface area contributed by atoms with Crippen LogP contribution in [-0.2, 0) is 0 Å². The van der Waals surface area contributed by atoms with E-state index >= 15 is 0 Å². The van der Waals surface area contributed by atoms with Crippen molar-refractivity contribution in [1.29, 1.82) is 0 Å². The van der Waals surface area contributed by atoms with E-state index < -0.39 is 28.7 Å². The zero-order chi connectivity index (χ0) is 14.2. The van der Waals surface area contributed by atoms with E-state index in [1.807, 2.05) is 0 Å². The fourth-order valence-corrected chi connectivity index (χ4v) is 1.59. The lowest BCUT2D eigenvalue weighted by molar-refractivity contribution is 0.0686. The summed E-state index contributed by atoms with van der Waals surface area (Å²) in [5.74, 6) is -3.01. The number of aromatic nitrogens is 2. The second kappa shape index (κ2) is 4.60. The molecule has 7 heteroatoms. The van der Waals surface area contributed by atoms with Crippen molar-refractivity contribution < 1.29 is 18.7 Å². The molecule has 0 saturated carbocycles. The highest BCUT2D eigenvalue weighted by atomic mass is 19.1. The lowest BCUT2D eigenvalue weighted by atomic mass is 10.2. The first-order valence-corrected chi connectivity index (χ1v) is 5.20. The molecule has 1 N–H and O–H groups in total. The fraction of sp³-hybridized carbons (Fsp3) is 0.0833. The Morgan fingerprint density at radius 3 is 2.63 bits per heavy atom. The van der Waals surface area contributed by atoms with Gasteiger partial charge < -0.3 is 5.11 Å². The molecule has 0 bridgehead atoms. The summed E-state index contributed by atoms with van der Waals surface area (Å²) in [5, 5.41) is 12.3. The van der Waals surface area contributed by atoms with Crippen molar-refractivity contribution in [3.63, 3.8) is 0 Å². The Labute approximate surface area is 105 Å². The van der Waals surface area contributed by atoms with E-state index in [1.165, 1.54) is 6.92 Å². The highest BCUT2D eigenvalue weighted by molar-refractivity contribution is 5.84. The first-order valence-electron chi connectivity index (χ1n) is 5.20. The Hall–Kier alpha value is -2.57. The summed E-state index contributed by atoms with van der Waals surface area (Å²) in [7, 11) is 0. The van der Waals surface area contributed by atoms with E-state index in [4.69, 9.17) is 5.11 Å². The first-order chi connectivity index (χ1) is 8.90. The number of benzene rings is 1. The minimum Gasteiger partial charge on any atom is -0.476 e. The lowest BCUT2D eigenvalue weighted by Gasteiger charge is -2.10. The molecule has 0 unspecified atom stereocenters. The molecule has 1 heterocycles. The molecule has 2 rings (SSSR count). The maximum Gasteiger partial charge on any atom is 0.360 e. The summed E-state index contributed by atoms with van der Waals surface area (Å²) in [4.78, 5) is 22.2. The highest BCUT2D eigenvalue weighted by Crippen LogP contribution is 2.15. The van der Waals surface area contributed by atoms with Crippen molar-refractivity contribution in [2.45, 2.75) is 6.92 Å². The van der Waals surface area contributed by atoms with Gasteiger partial charge in [-0.05, 0) is 19.1 Å². The number of halogens is 2. The first kappa shape index (κ1) is 12.9. The number of rotatable bonds is 2. The van der Waals surface area contributed by atoms with Crippen LogP contribution in [0.5, 0.6) is 0 Å². The second-order valence-corrected chi connectivity index (χ2v) is 3.81. The van der Waals surface area contributed by atoms with Crippen LogP contribution < -0.4 is 5.43 Å². The Balaban J connectivity index is 2.75. The van der Waals surface area contributed by atoms with Gasteiger partial charge in [0, 0.05) is 17.8 Å². The van der Waals surface area contributed by atoms with Crippen molar-refractivity contribution in [2.75, 3.05) is 0 Å². The number of nitrogens with zero attached hydrogens (tertiary/aromatic N) is 2. The van der Waals surface area contributed by atoms with Crippen LogP contribution in [0.3, 0.4) is 0 Å². The quantitative estimate of drug-likeness (QED) is 0.894. The van der Waals surface area contributed by atoms with E-state index in [1.54, 1.807) is 0 Å². The summed E-state index contributed by atoms with van der Waals surface area (Å²) in [5.41, 5.74) is -1.62. The summed E-state index contributed by atoms with van der Waals surface area (Å²) in [6.07, 6.45) is 0. The SMILES string of the molecule is Cc1cc(=O)c(C(=O)O)nn1-c1cc(F)ccc1F. The number of carboxylic acids is 1. The molecule has 2 aromatic rings. The van der Waals surface area contributed by atoms with Gasteiger partial charge in [-0.2, -0.15) is 5.10 Å². The molecule has 1 aromatic carbocycles. The number of carboxylic acid groups (broad SMARTS) is 1. The molecule has 98 valence electrons. The topological polar surface area (TPSA) is 72.2 Å². The van der Waals surface area contributed by atoms with Crippen LogP contribution in [-0.4, -0.2) is 20.9 Å². The van der Waals surface area contributed by atoms with Crippen LogP contribution >= 0.6 is 0 Å². The second-order valence-electron chi connectivity index (χ2n) is 3.81. The predicted molar refractivity (Wildman–Crippen MR) is 61.4 cm³/mol. The maximum atomic E-state index is 13.6. The minimum atomic E-state index is -1.53. The normalized spacial score (nSPS) is 10.5. The van der Waals surface area contributed by atoms with Gasteiger partial charge in [-0.15, -0.1) is 0 Å². The molecule has 0 atom stereocenters. The van der Waals surface area contributed by atoms with Gasteiger partial charge in [-0.1, -0.05) is 0 Å². The van der Waals surface area contributed by atoms with Crippen LogP contribution in [0.1, 0.15) is 16.2 Å². The summed E-state index contributed by atoms with van der Waals surface area (Å²) in [6, 6.07) is 3.69. The van der Waals surface area contributed by atoms with Gasteiger partial charge in [0.25, 0.3) is 0 Å². The molecule has 0 aliphatic rings. The van der Waals surface area contributed by atoms with Crippen molar-refractivity contribution in [2.24, 2.45) is 0 Å². The minimum absolute atomic E-state index is 0.194. The van der Waals surface area contributed by atoms with Crippen molar-refractivity contribution >= 4 is 5.97 Å². The van der Waals surface area contributed by atoms with E-state index in [2.05, 4.69) is 5.10 Å². The van der Waals surface area contributed by atoms with Gasteiger partial charge in [0.2, 0.25) is 11.1 Å². The Morgan fingerprint density at radius 1 is 1.32 bits per heavy atom. The van der Waals surface area contributed by atoms with Crippen molar-refractivity contribution in [3.8, 4) is 5.69 Å². The number of aromatic carboxylic acids is 1. The van der Waals surface area contributed by atoms with Crippen LogP contribution in [0.25, 0.3) is 5.69 Å². The molecule has 0 radical (unpaired) electrons. The van der Waals surface area contributed by atoms with Crippen molar-refractivity contribution in [1.82, 2.24) is 9.78 Å². The number of carbonyl (C=O) groups is 1. The van der Waals surface area contributed by atoms with Gasteiger partial charge in [0.15, 0.2) is 0 Å². The average Bonchev–Trinajstić information content (AvgIpc) is 2.32. The van der Waals surface area contributed by atoms with Gasteiger partial charge in [0.1, 0.15) is 17.3 Å². The predicted octanol–water partition coefficient (Wildman–Crippen LogP) is 1.52. The monoisotopic (exact) mass is 266 g/mol. The molecule has 0 aliphatic heterocycles. The Morgan fingerprint density at radius 2 is 2.00 bits per heavy atom. The molecule has 0 amide bonds. The van der Waals surface area contributed by atoms with Crippen LogP contribution in [0.15, 0.2) is 29.1 Å². The molecule has 0 aliphatic carbocycles. The fourth-order valence-electron chi connectivity index (χ4n) is 1.59. The van der Waals surface area contributed by atoms with Crippen LogP contribution in [0, 0.1) is 18.6 Å². The highest BCUT2D eigenvalue weighted by Gasteiger charge is 2.15. The third-order valence-electron chi connectivity index (χ3n) is 2.45. The van der Waals surface area contributed by atoms with E-state index in [0.717, 1.165) is 28.9 Å². The molecule has 0 saturated heterocycles. The van der Waals surface area contributed by atoms with Crippen molar-refractivity contribution in [3.05, 3.63) is 57.5 Å². The number of hydrogen-bond donors (Lipinski definition) is 1. The van der Waals surface area contributed by atoms with Crippen LogP contribution in [0.4, 0.5) is 8.78 Å².